The maximum absolute atomic E-state index is 10.8. The molecule has 0 heterocycles. The van der Waals surface area contributed by atoms with Crippen LogP contribution < -0.4 is 0 Å². The lowest BCUT2D eigenvalue weighted by molar-refractivity contribution is -0.139. The normalized spacial score (nSPS) is 10.9. The average molecular weight is 221 g/mol. The van der Waals surface area contributed by atoms with Crippen molar-refractivity contribution in [1.82, 2.24) is 0 Å². The molecule has 0 aliphatic rings. The minimum absolute atomic E-state index is 0.191. The van der Waals surface area contributed by atoms with Gasteiger partial charge >= 0.3 is 14.2 Å². The molecule has 1 N–H and O–H groups in total. The SMILES string of the molecule is C=C(C)C(=O)OCCCCO[P+](=O)O. The lowest BCUT2D eigenvalue weighted by Crippen LogP contribution is -2.06. The first-order chi connectivity index (χ1) is 6.54. The molecule has 0 radical (unpaired) electrons. The Kier molecular flexibility index (Phi) is 7.20. The van der Waals surface area contributed by atoms with E-state index in [1.807, 2.05) is 0 Å². The summed E-state index contributed by atoms with van der Waals surface area (Å²) in [5.74, 6) is -0.417. The van der Waals surface area contributed by atoms with Crippen molar-refractivity contribution in [2.45, 2.75) is 19.8 Å². The molecular formula is C8H14O5P+. The van der Waals surface area contributed by atoms with Crippen LogP contribution in [0.4, 0.5) is 0 Å². The van der Waals surface area contributed by atoms with Gasteiger partial charge in [0.1, 0.15) is 6.61 Å². The van der Waals surface area contributed by atoms with Crippen LogP contribution in [0, 0.1) is 0 Å². The number of hydrogen-bond acceptors (Lipinski definition) is 4. The van der Waals surface area contributed by atoms with Gasteiger partial charge in [-0.15, -0.1) is 9.42 Å². The predicted octanol–water partition coefficient (Wildman–Crippen LogP) is 1.55. The molecule has 0 spiro atoms. The van der Waals surface area contributed by atoms with Gasteiger partial charge in [0, 0.05) is 10.1 Å². The highest BCUT2D eigenvalue weighted by atomic mass is 31.1. The number of esters is 1. The van der Waals surface area contributed by atoms with Crippen molar-refractivity contribution < 1.29 is 23.5 Å². The second kappa shape index (κ2) is 7.62. The van der Waals surface area contributed by atoms with E-state index in [0.29, 0.717) is 18.4 Å². The number of carbonyl (C=O) groups excluding carboxylic acids is 1. The Balaban J connectivity index is 3.26. The highest BCUT2D eigenvalue weighted by Gasteiger charge is 2.10. The van der Waals surface area contributed by atoms with Crippen LogP contribution in [0.1, 0.15) is 19.8 Å². The molecule has 0 aliphatic heterocycles. The minimum atomic E-state index is -2.52. The van der Waals surface area contributed by atoms with Gasteiger partial charge in [-0.1, -0.05) is 6.58 Å². The van der Waals surface area contributed by atoms with Crippen LogP contribution in [-0.2, 0) is 18.6 Å². The fourth-order valence-electron chi connectivity index (χ4n) is 0.635. The third kappa shape index (κ3) is 7.86. The standard InChI is InChI=1S/C8H13O5P/c1-7(2)8(9)12-5-3-4-6-13-14(10)11/h1,3-6H2,2H3/p+1. The first-order valence-corrected chi connectivity index (χ1v) is 5.28. The summed E-state index contributed by atoms with van der Waals surface area (Å²) in [6, 6.07) is 0. The molecule has 1 atom stereocenters. The molecule has 0 fully saturated rings. The molecule has 0 rings (SSSR count). The fraction of sp³-hybridized carbons (Fsp3) is 0.625. The lowest BCUT2D eigenvalue weighted by atomic mass is 10.3. The number of ether oxygens (including phenoxy) is 1. The maximum Gasteiger partial charge on any atom is 0.694 e. The van der Waals surface area contributed by atoms with Crippen LogP contribution in [0.2, 0.25) is 0 Å². The van der Waals surface area contributed by atoms with Crippen LogP contribution in [0.25, 0.3) is 0 Å². The highest BCUT2D eigenvalue weighted by molar-refractivity contribution is 7.32. The highest BCUT2D eigenvalue weighted by Crippen LogP contribution is 2.14. The average Bonchev–Trinajstić information content (AvgIpc) is 2.09. The Morgan fingerprint density at radius 2 is 2.00 bits per heavy atom. The van der Waals surface area contributed by atoms with Crippen molar-refractivity contribution in [2.75, 3.05) is 13.2 Å². The van der Waals surface area contributed by atoms with E-state index in [9.17, 15) is 9.36 Å². The van der Waals surface area contributed by atoms with E-state index in [2.05, 4.69) is 11.1 Å². The molecule has 6 heteroatoms. The molecule has 5 nitrogen and oxygen atoms in total. The lowest BCUT2D eigenvalue weighted by Gasteiger charge is -2.02. The molecule has 14 heavy (non-hydrogen) atoms. The minimum Gasteiger partial charge on any atom is -0.462 e. The van der Waals surface area contributed by atoms with Crippen molar-refractivity contribution in [3.63, 3.8) is 0 Å². The Bertz CT molecular complexity index is 226. The molecule has 1 unspecified atom stereocenters. The zero-order chi connectivity index (χ0) is 11.0. The third-order valence-corrected chi connectivity index (χ3v) is 1.73. The first kappa shape index (κ1) is 13.2. The molecule has 0 saturated heterocycles. The van der Waals surface area contributed by atoms with Crippen molar-refractivity contribution in [3.05, 3.63) is 12.2 Å². The zero-order valence-electron chi connectivity index (χ0n) is 8.06. The molecule has 0 aromatic rings. The van der Waals surface area contributed by atoms with E-state index in [-0.39, 0.29) is 13.2 Å². The number of rotatable bonds is 7. The van der Waals surface area contributed by atoms with Gasteiger partial charge in [-0.3, -0.25) is 0 Å². The van der Waals surface area contributed by atoms with Crippen LogP contribution in [0.5, 0.6) is 0 Å². The predicted molar refractivity (Wildman–Crippen MR) is 50.8 cm³/mol. The summed E-state index contributed by atoms with van der Waals surface area (Å²) in [6.45, 7) is 5.46. The topological polar surface area (TPSA) is 72.8 Å². The van der Waals surface area contributed by atoms with E-state index in [0.717, 1.165) is 0 Å². The van der Waals surface area contributed by atoms with Crippen LogP contribution in [0.15, 0.2) is 12.2 Å². The number of carbonyl (C=O) groups is 1. The first-order valence-electron chi connectivity index (χ1n) is 4.15. The van der Waals surface area contributed by atoms with Gasteiger partial charge in [0.25, 0.3) is 0 Å². The summed E-state index contributed by atoms with van der Waals surface area (Å²) in [6.07, 6.45) is 1.17. The largest absolute Gasteiger partial charge is 0.694 e. The second-order valence-corrected chi connectivity index (χ2v) is 3.43. The molecule has 0 bridgehead atoms. The monoisotopic (exact) mass is 221 g/mol. The molecule has 0 saturated carbocycles. The third-order valence-electron chi connectivity index (χ3n) is 1.32. The van der Waals surface area contributed by atoms with Crippen LogP contribution >= 0.6 is 8.25 Å². The zero-order valence-corrected chi connectivity index (χ0v) is 8.96. The summed E-state index contributed by atoms with van der Waals surface area (Å²) < 4.78 is 19.2. The van der Waals surface area contributed by atoms with Gasteiger partial charge in [0.2, 0.25) is 0 Å². The van der Waals surface area contributed by atoms with Crippen molar-refractivity contribution in [3.8, 4) is 0 Å². The molecule has 0 aromatic carbocycles. The summed E-state index contributed by atoms with van der Waals surface area (Å²) >= 11 is 0. The van der Waals surface area contributed by atoms with E-state index in [1.165, 1.54) is 0 Å². The quantitative estimate of drug-likeness (QED) is 0.305. The molecule has 0 aromatic heterocycles. The number of unbranched alkanes of at least 4 members (excludes halogenated alkanes) is 1. The van der Waals surface area contributed by atoms with Gasteiger partial charge in [-0.05, 0) is 19.8 Å². The van der Waals surface area contributed by atoms with Crippen molar-refractivity contribution in [1.29, 1.82) is 0 Å². The summed E-state index contributed by atoms with van der Waals surface area (Å²) in [5, 5.41) is 0. The maximum atomic E-state index is 10.8. The van der Waals surface area contributed by atoms with Gasteiger partial charge < -0.3 is 4.74 Å². The van der Waals surface area contributed by atoms with E-state index in [4.69, 9.17) is 9.63 Å². The van der Waals surface area contributed by atoms with Crippen molar-refractivity contribution >= 4 is 14.2 Å². The molecule has 80 valence electrons. The smallest absolute Gasteiger partial charge is 0.462 e. The van der Waals surface area contributed by atoms with Crippen molar-refractivity contribution in [2.24, 2.45) is 0 Å². The summed E-state index contributed by atoms with van der Waals surface area (Å²) in [5.41, 5.74) is 0.361. The van der Waals surface area contributed by atoms with Gasteiger partial charge in [0.05, 0.1) is 6.61 Å². The summed E-state index contributed by atoms with van der Waals surface area (Å²) in [4.78, 5) is 19.1. The second-order valence-electron chi connectivity index (χ2n) is 2.69. The van der Waals surface area contributed by atoms with Crippen LogP contribution in [0.3, 0.4) is 0 Å². The summed E-state index contributed by atoms with van der Waals surface area (Å²) in [7, 11) is -2.52. The van der Waals surface area contributed by atoms with Gasteiger partial charge in [0.15, 0.2) is 0 Å². The Hall–Kier alpha value is -0.770. The Morgan fingerprint density at radius 3 is 2.50 bits per heavy atom. The Labute approximate surface area is 83.7 Å². The molecule has 0 amide bonds. The molecular weight excluding hydrogens is 207 g/mol. The Morgan fingerprint density at radius 1 is 1.43 bits per heavy atom. The van der Waals surface area contributed by atoms with E-state index < -0.39 is 14.2 Å². The molecule has 0 aliphatic carbocycles. The van der Waals surface area contributed by atoms with E-state index in [1.54, 1.807) is 6.92 Å². The fourth-order valence-corrected chi connectivity index (χ4v) is 0.920. The van der Waals surface area contributed by atoms with E-state index >= 15 is 0 Å². The van der Waals surface area contributed by atoms with Crippen LogP contribution in [-0.4, -0.2) is 24.1 Å². The van der Waals surface area contributed by atoms with Gasteiger partial charge in [-0.2, -0.15) is 0 Å². The van der Waals surface area contributed by atoms with Gasteiger partial charge in [-0.25, -0.2) is 4.79 Å². The number of hydrogen-bond donors (Lipinski definition) is 1.